The largest absolute Gasteiger partial charge is 0.399 e. The fraction of sp³-hybridized carbons (Fsp3) is 0.368. The number of anilines is 1. The summed E-state index contributed by atoms with van der Waals surface area (Å²) in [6.45, 7) is 3.61. The lowest BCUT2D eigenvalue weighted by atomic mass is 9.99. The second-order valence-corrected chi connectivity index (χ2v) is 6.00. The van der Waals surface area contributed by atoms with Crippen molar-refractivity contribution in [2.75, 3.05) is 25.4 Å². The van der Waals surface area contributed by atoms with Gasteiger partial charge in [0.15, 0.2) is 0 Å². The highest BCUT2D eigenvalue weighted by Crippen LogP contribution is 2.27. The van der Waals surface area contributed by atoms with E-state index in [4.69, 9.17) is 5.73 Å². The van der Waals surface area contributed by atoms with Gasteiger partial charge in [0, 0.05) is 12.2 Å². The zero-order valence-electron chi connectivity index (χ0n) is 12.5. The topological polar surface area (TPSA) is 29.3 Å². The summed E-state index contributed by atoms with van der Waals surface area (Å²) in [4.78, 5) is 2.59. The molecule has 0 saturated carbocycles. The van der Waals surface area contributed by atoms with Crippen LogP contribution in [0.15, 0.2) is 54.6 Å². The predicted octanol–water partition coefficient (Wildman–Crippen LogP) is 3.69. The fourth-order valence-corrected chi connectivity index (χ4v) is 3.29. The smallest absolute Gasteiger partial charge is 0.0346 e. The maximum absolute atomic E-state index is 6.00. The van der Waals surface area contributed by atoms with E-state index in [0.29, 0.717) is 5.92 Å². The van der Waals surface area contributed by atoms with Gasteiger partial charge in [-0.25, -0.2) is 0 Å². The van der Waals surface area contributed by atoms with Crippen LogP contribution in [0.5, 0.6) is 0 Å². The first-order chi connectivity index (χ1) is 10.3. The highest BCUT2D eigenvalue weighted by atomic mass is 15.1. The Bertz CT molecular complexity index is 565. The van der Waals surface area contributed by atoms with Gasteiger partial charge in [-0.1, -0.05) is 48.5 Å². The van der Waals surface area contributed by atoms with Gasteiger partial charge in [-0.15, -0.1) is 0 Å². The molecule has 110 valence electrons. The van der Waals surface area contributed by atoms with E-state index in [9.17, 15) is 0 Å². The molecule has 2 heteroatoms. The average Bonchev–Trinajstić information content (AvgIpc) is 2.99. The second-order valence-electron chi connectivity index (χ2n) is 6.00. The third-order valence-corrected chi connectivity index (χ3v) is 4.52. The highest BCUT2D eigenvalue weighted by Gasteiger charge is 2.22. The fourth-order valence-electron chi connectivity index (χ4n) is 3.29. The van der Waals surface area contributed by atoms with Gasteiger partial charge in [0.1, 0.15) is 0 Å². The van der Waals surface area contributed by atoms with Crippen LogP contribution in [-0.2, 0) is 6.42 Å². The number of rotatable bonds is 5. The molecule has 0 radical (unpaired) electrons. The Balaban J connectivity index is 1.46. The van der Waals surface area contributed by atoms with E-state index in [1.807, 2.05) is 12.1 Å². The van der Waals surface area contributed by atoms with Crippen LogP contribution in [0.1, 0.15) is 29.9 Å². The molecule has 0 aromatic heterocycles. The van der Waals surface area contributed by atoms with Crippen LogP contribution in [0.25, 0.3) is 0 Å². The molecule has 3 rings (SSSR count). The first kappa shape index (κ1) is 14.2. The van der Waals surface area contributed by atoms with Gasteiger partial charge in [0.25, 0.3) is 0 Å². The minimum absolute atomic E-state index is 0.716. The van der Waals surface area contributed by atoms with Crippen LogP contribution in [0.2, 0.25) is 0 Å². The summed E-state index contributed by atoms with van der Waals surface area (Å²) in [6.07, 6.45) is 3.56. The van der Waals surface area contributed by atoms with Gasteiger partial charge in [-0.3, -0.25) is 0 Å². The molecule has 1 heterocycles. The van der Waals surface area contributed by atoms with Gasteiger partial charge in [0.2, 0.25) is 0 Å². The molecule has 2 N–H and O–H groups in total. The number of para-hydroxylation sites is 1. The van der Waals surface area contributed by atoms with Gasteiger partial charge in [-0.05, 0) is 55.5 Å². The van der Waals surface area contributed by atoms with Crippen LogP contribution < -0.4 is 5.73 Å². The monoisotopic (exact) mass is 280 g/mol. The van der Waals surface area contributed by atoms with Crippen molar-refractivity contribution in [1.82, 2.24) is 4.90 Å². The van der Waals surface area contributed by atoms with Crippen molar-refractivity contribution in [2.45, 2.75) is 25.2 Å². The molecule has 2 aromatic carbocycles. The molecule has 1 aliphatic rings. The minimum Gasteiger partial charge on any atom is -0.399 e. The Hall–Kier alpha value is -1.80. The number of hydrogen-bond donors (Lipinski definition) is 1. The van der Waals surface area contributed by atoms with E-state index >= 15 is 0 Å². The molecule has 2 aromatic rings. The lowest BCUT2D eigenvalue weighted by Crippen LogP contribution is -2.22. The van der Waals surface area contributed by atoms with Gasteiger partial charge < -0.3 is 10.6 Å². The second kappa shape index (κ2) is 6.77. The number of benzene rings is 2. The van der Waals surface area contributed by atoms with E-state index in [1.165, 1.54) is 43.6 Å². The standard InChI is InChI=1S/C19H24N2/c20-19-11-5-4-9-17(19)10-6-13-21-14-12-18(15-21)16-7-2-1-3-8-16/h1-5,7-9,11,18H,6,10,12-15,20H2. The van der Waals surface area contributed by atoms with Crippen LogP contribution in [-0.4, -0.2) is 24.5 Å². The zero-order valence-corrected chi connectivity index (χ0v) is 12.5. The summed E-state index contributed by atoms with van der Waals surface area (Å²) in [6, 6.07) is 19.1. The Morgan fingerprint density at radius 3 is 2.57 bits per heavy atom. The van der Waals surface area contributed by atoms with Crippen LogP contribution in [0.3, 0.4) is 0 Å². The predicted molar refractivity (Wildman–Crippen MR) is 89.4 cm³/mol. The van der Waals surface area contributed by atoms with Crippen molar-refractivity contribution in [3.05, 3.63) is 65.7 Å². The van der Waals surface area contributed by atoms with Crippen LogP contribution in [0, 0.1) is 0 Å². The molecular weight excluding hydrogens is 256 g/mol. The molecule has 0 aliphatic carbocycles. The molecule has 1 aliphatic heterocycles. The first-order valence-corrected chi connectivity index (χ1v) is 7.93. The molecule has 1 saturated heterocycles. The number of nitrogen functional groups attached to an aromatic ring is 1. The first-order valence-electron chi connectivity index (χ1n) is 7.93. The van der Waals surface area contributed by atoms with Crippen molar-refractivity contribution in [3.8, 4) is 0 Å². The van der Waals surface area contributed by atoms with Gasteiger partial charge in [0.05, 0.1) is 0 Å². The normalized spacial score (nSPS) is 19.0. The molecule has 21 heavy (non-hydrogen) atoms. The molecular formula is C19H24N2. The number of hydrogen-bond acceptors (Lipinski definition) is 2. The number of likely N-dealkylation sites (tertiary alicyclic amines) is 1. The van der Waals surface area contributed by atoms with Crippen LogP contribution in [0.4, 0.5) is 5.69 Å². The van der Waals surface area contributed by atoms with E-state index in [-0.39, 0.29) is 0 Å². The molecule has 1 unspecified atom stereocenters. The third-order valence-electron chi connectivity index (χ3n) is 4.52. The minimum atomic E-state index is 0.716. The van der Waals surface area contributed by atoms with Crippen LogP contribution >= 0.6 is 0 Å². The van der Waals surface area contributed by atoms with Gasteiger partial charge >= 0.3 is 0 Å². The van der Waals surface area contributed by atoms with E-state index in [2.05, 4.69) is 47.4 Å². The van der Waals surface area contributed by atoms with Crippen molar-refractivity contribution in [1.29, 1.82) is 0 Å². The average molecular weight is 280 g/mol. The van der Waals surface area contributed by atoms with Gasteiger partial charge in [-0.2, -0.15) is 0 Å². The lowest BCUT2D eigenvalue weighted by Gasteiger charge is -2.16. The third kappa shape index (κ3) is 3.64. The molecule has 1 atom stereocenters. The molecule has 0 amide bonds. The summed E-state index contributed by atoms with van der Waals surface area (Å²) in [7, 11) is 0. The summed E-state index contributed by atoms with van der Waals surface area (Å²) in [5, 5.41) is 0. The molecule has 0 spiro atoms. The van der Waals surface area contributed by atoms with E-state index in [0.717, 1.165) is 12.1 Å². The number of nitrogens with zero attached hydrogens (tertiary/aromatic N) is 1. The van der Waals surface area contributed by atoms with Crippen molar-refractivity contribution in [3.63, 3.8) is 0 Å². The summed E-state index contributed by atoms with van der Waals surface area (Å²) in [5.74, 6) is 0.716. The van der Waals surface area contributed by atoms with Crippen molar-refractivity contribution in [2.24, 2.45) is 0 Å². The van der Waals surface area contributed by atoms with Crippen molar-refractivity contribution >= 4 is 5.69 Å². The molecule has 2 nitrogen and oxygen atoms in total. The Kier molecular flexibility index (Phi) is 4.56. The summed E-state index contributed by atoms with van der Waals surface area (Å²) >= 11 is 0. The Labute approximate surface area is 127 Å². The summed E-state index contributed by atoms with van der Waals surface area (Å²) in [5.41, 5.74) is 9.71. The van der Waals surface area contributed by atoms with E-state index < -0.39 is 0 Å². The SMILES string of the molecule is Nc1ccccc1CCCN1CCC(c2ccccc2)C1. The quantitative estimate of drug-likeness (QED) is 0.846. The highest BCUT2D eigenvalue weighted by molar-refractivity contribution is 5.46. The number of aryl methyl sites for hydroxylation is 1. The Morgan fingerprint density at radius 2 is 1.76 bits per heavy atom. The lowest BCUT2D eigenvalue weighted by molar-refractivity contribution is 0.329. The molecule has 1 fully saturated rings. The zero-order chi connectivity index (χ0) is 14.5. The Morgan fingerprint density at radius 1 is 1.00 bits per heavy atom. The summed E-state index contributed by atoms with van der Waals surface area (Å²) < 4.78 is 0. The number of nitrogens with two attached hydrogens (primary N) is 1. The maximum atomic E-state index is 6.00. The van der Waals surface area contributed by atoms with Crippen molar-refractivity contribution < 1.29 is 0 Å². The van der Waals surface area contributed by atoms with E-state index in [1.54, 1.807) is 0 Å². The molecule has 0 bridgehead atoms. The maximum Gasteiger partial charge on any atom is 0.0346 e.